The molecule has 0 saturated carbocycles. The second-order valence-electron chi connectivity index (χ2n) is 3.65. The van der Waals surface area contributed by atoms with Gasteiger partial charge in [-0.25, -0.2) is 4.98 Å². The van der Waals surface area contributed by atoms with E-state index in [-0.39, 0.29) is 11.0 Å². The van der Waals surface area contributed by atoms with Gasteiger partial charge in [-0.05, 0) is 65.2 Å². The molecular formula is C13H10IN3O2S. The van der Waals surface area contributed by atoms with Crippen LogP contribution in [0, 0.1) is 3.57 Å². The molecule has 0 aliphatic carbocycles. The summed E-state index contributed by atoms with van der Waals surface area (Å²) < 4.78 is 6.09. The van der Waals surface area contributed by atoms with Crippen LogP contribution in [0.3, 0.4) is 0 Å². The molecule has 5 nitrogen and oxygen atoms in total. The number of furan rings is 1. The van der Waals surface area contributed by atoms with E-state index in [1.54, 1.807) is 30.5 Å². The smallest absolute Gasteiger partial charge is 0.250 e. The average Bonchev–Trinajstić information content (AvgIpc) is 2.92. The van der Waals surface area contributed by atoms with Crippen LogP contribution in [0.2, 0.25) is 0 Å². The molecule has 0 saturated heterocycles. The van der Waals surface area contributed by atoms with Crippen molar-refractivity contribution in [2.24, 2.45) is 0 Å². The van der Waals surface area contributed by atoms with Crippen molar-refractivity contribution in [3.63, 3.8) is 0 Å². The van der Waals surface area contributed by atoms with Crippen LogP contribution in [0.4, 0.5) is 5.82 Å². The molecule has 102 valence electrons. The van der Waals surface area contributed by atoms with Crippen LogP contribution in [0.15, 0.2) is 47.2 Å². The first-order valence-corrected chi connectivity index (χ1v) is 7.07. The fourth-order valence-electron chi connectivity index (χ4n) is 1.29. The van der Waals surface area contributed by atoms with Crippen LogP contribution in [0.5, 0.6) is 0 Å². The van der Waals surface area contributed by atoms with Crippen LogP contribution in [-0.2, 0) is 4.79 Å². The molecule has 2 aromatic rings. The fourth-order valence-corrected chi connectivity index (χ4v) is 1.82. The number of nitrogens with zero attached hydrogens (tertiary/aromatic N) is 1. The second-order valence-corrected chi connectivity index (χ2v) is 5.31. The molecule has 0 unspecified atom stereocenters. The Bertz CT molecular complexity index is 624. The van der Waals surface area contributed by atoms with Crippen molar-refractivity contribution in [2.45, 2.75) is 0 Å². The van der Waals surface area contributed by atoms with E-state index < -0.39 is 0 Å². The van der Waals surface area contributed by atoms with Crippen LogP contribution in [0.25, 0.3) is 6.08 Å². The molecule has 0 fully saturated rings. The van der Waals surface area contributed by atoms with Gasteiger partial charge in [-0.3, -0.25) is 10.1 Å². The SMILES string of the molecule is O=C(/C=C/c1ccco1)NC(=S)Nc1ccc(I)cn1. The molecule has 0 aromatic carbocycles. The number of amides is 1. The van der Waals surface area contributed by atoms with Crippen molar-refractivity contribution in [1.82, 2.24) is 10.3 Å². The molecule has 0 atom stereocenters. The minimum atomic E-state index is -0.343. The topological polar surface area (TPSA) is 67.2 Å². The molecule has 2 rings (SSSR count). The third-order valence-electron chi connectivity index (χ3n) is 2.15. The Morgan fingerprint density at radius 1 is 1.40 bits per heavy atom. The molecule has 0 spiro atoms. The first-order valence-electron chi connectivity index (χ1n) is 5.58. The van der Waals surface area contributed by atoms with E-state index in [1.807, 2.05) is 6.07 Å². The van der Waals surface area contributed by atoms with Crippen LogP contribution in [-0.4, -0.2) is 16.0 Å². The number of anilines is 1. The summed E-state index contributed by atoms with van der Waals surface area (Å²) in [7, 11) is 0. The maximum Gasteiger partial charge on any atom is 0.250 e. The quantitative estimate of drug-likeness (QED) is 0.472. The fraction of sp³-hybridized carbons (Fsp3) is 0. The van der Waals surface area contributed by atoms with E-state index in [2.05, 4.69) is 38.2 Å². The summed E-state index contributed by atoms with van der Waals surface area (Å²) >= 11 is 7.17. The number of nitrogens with one attached hydrogen (secondary N) is 2. The molecule has 20 heavy (non-hydrogen) atoms. The highest BCUT2D eigenvalue weighted by atomic mass is 127. The molecular weight excluding hydrogens is 389 g/mol. The Balaban J connectivity index is 1.85. The Hall–Kier alpha value is -1.74. The van der Waals surface area contributed by atoms with Crippen molar-refractivity contribution in [3.05, 3.63) is 52.1 Å². The standard InChI is InChI=1S/C13H10IN3O2S/c14-9-3-5-11(15-8-9)16-13(20)17-12(18)6-4-10-2-1-7-19-10/h1-8H,(H2,15,16,17,18,20)/b6-4+. The van der Waals surface area contributed by atoms with Crippen molar-refractivity contribution in [2.75, 3.05) is 5.32 Å². The Kier molecular flexibility index (Phi) is 5.24. The van der Waals surface area contributed by atoms with Gasteiger partial charge in [0.05, 0.1) is 6.26 Å². The normalized spacial score (nSPS) is 10.4. The average molecular weight is 399 g/mol. The van der Waals surface area contributed by atoms with E-state index in [0.29, 0.717) is 11.6 Å². The molecule has 0 aliphatic rings. The first kappa shape index (κ1) is 14.7. The lowest BCUT2D eigenvalue weighted by Crippen LogP contribution is -2.33. The molecule has 0 bridgehead atoms. The zero-order chi connectivity index (χ0) is 14.4. The summed E-state index contributed by atoms with van der Waals surface area (Å²) in [6, 6.07) is 7.15. The Morgan fingerprint density at radius 3 is 2.90 bits per heavy atom. The van der Waals surface area contributed by atoms with Gasteiger partial charge in [0.1, 0.15) is 11.6 Å². The molecule has 2 heterocycles. The summed E-state index contributed by atoms with van der Waals surface area (Å²) in [4.78, 5) is 15.7. The molecule has 1 amide bonds. The van der Waals surface area contributed by atoms with Gasteiger partial charge in [-0.1, -0.05) is 0 Å². The van der Waals surface area contributed by atoms with E-state index in [4.69, 9.17) is 16.6 Å². The van der Waals surface area contributed by atoms with Crippen LogP contribution < -0.4 is 10.6 Å². The van der Waals surface area contributed by atoms with Crippen LogP contribution in [0.1, 0.15) is 5.76 Å². The zero-order valence-corrected chi connectivity index (χ0v) is 13.1. The van der Waals surface area contributed by atoms with Gasteiger partial charge in [0.25, 0.3) is 0 Å². The predicted octanol–water partition coefficient (Wildman–Crippen LogP) is 2.81. The second kappa shape index (κ2) is 7.15. The lowest BCUT2D eigenvalue weighted by atomic mass is 10.4. The lowest BCUT2D eigenvalue weighted by molar-refractivity contribution is -0.115. The minimum absolute atomic E-state index is 0.188. The molecule has 2 aromatic heterocycles. The Labute approximate surface area is 134 Å². The van der Waals surface area contributed by atoms with Gasteiger partial charge in [0, 0.05) is 15.8 Å². The third kappa shape index (κ3) is 4.74. The summed E-state index contributed by atoms with van der Waals surface area (Å²) in [6.45, 7) is 0. The maximum absolute atomic E-state index is 11.6. The number of hydrogen-bond donors (Lipinski definition) is 2. The van der Waals surface area contributed by atoms with E-state index in [1.165, 1.54) is 12.3 Å². The maximum atomic E-state index is 11.6. The van der Waals surface area contributed by atoms with Gasteiger partial charge in [-0.15, -0.1) is 0 Å². The number of carbonyl (C=O) groups excluding carboxylic acids is 1. The van der Waals surface area contributed by atoms with E-state index in [9.17, 15) is 4.79 Å². The van der Waals surface area contributed by atoms with E-state index in [0.717, 1.165) is 3.57 Å². The summed E-state index contributed by atoms with van der Waals surface area (Å²) in [5, 5.41) is 5.53. The minimum Gasteiger partial charge on any atom is -0.465 e. The summed E-state index contributed by atoms with van der Waals surface area (Å²) in [6.07, 6.45) is 6.13. The van der Waals surface area contributed by atoms with Crippen molar-refractivity contribution >= 4 is 57.7 Å². The highest BCUT2D eigenvalue weighted by Gasteiger charge is 2.02. The largest absolute Gasteiger partial charge is 0.465 e. The number of carbonyl (C=O) groups is 1. The number of thiocarbonyl (C=S) groups is 1. The molecule has 0 radical (unpaired) electrons. The number of hydrogen-bond acceptors (Lipinski definition) is 4. The predicted molar refractivity (Wildman–Crippen MR) is 89.1 cm³/mol. The number of rotatable bonds is 3. The molecule has 7 heteroatoms. The van der Waals surface area contributed by atoms with Gasteiger partial charge in [0.15, 0.2) is 5.11 Å². The number of aromatic nitrogens is 1. The number of pyridine rings is 1. The number of halogens is 1. The molecule has 0 aliphatic heterocycles. The van der Waals surface area contributed by atoms with E-state index >= 15 is 0 Å². The first-order chi connectivity index (χ1) is 9.63. The Morgan fingerprint density at radius 2 is 2.25 bits per heavy atom. The summed E-state index contributed by atoms with van der Waals surface area (Å²) in [5.74, 6) is 0.827. The van der Waals surface area contributed by atoms with Crippen LogP contribution >= 0.6 is 34.8 Å². The highest BCUT2D eigenvalue weighted by Crippen LogP contribution is 2.06. The van der Waals surface area contributed by atoms with Gasteiger partial charge >= 0.3 is 0 Å². The summed E-state index contributed by atoms with van der Waals surface area (Å²) in [5.41, 5.74) is 0. The van der Waals surface area contributed by atoms with Crippen molar-refractivity contribution in [1.29, 1.82) is 0 Å². The lowest BCUT2D eigenvalue weighted by Gasteiger charge is -2.06. The van der Waals surface area contributed by atoms with Crippen molar-refractivity contribution in [3.8, 4) is 0 Å². The van der Waals surface area contributed by atoms with Gasteiger partial charge in [-0.2, -0.15) is 0 Å². The molecule has 2 N–H and O–H groups in total. The zero-order valence-electron chi connectivity index (χ0n) is 10.2. The van der Waals surface area contributed by atoms with Gasteiger partial charge in [0.2, 0.25) is 5.91 Å². The third-order valence-corrected chi connectivity index (χ3v) is 2.99. The van der Waals surface area contributed by atoms with Gasteiger partial charge < -0.3 is 9.73 Å². The van der Waals surface area contributed by atoms with Crippen molar-refractivity contribution < 1.29 is 9.21 Å². The highest BCUT2D eigenvalue weighted by molar-refractivity contribution is 14.1. The monoisotopic (exact) mass is 399 g/mol.